The van der Waals surface area contributed by atoms with Crippen LogP contribution in [0, 0.1) is 0 Å². The molecule has 3 heterocycles. The lowest BCUT2D eigenvalue weighted by Gasteiger charge is -2.15. The molecule has 9 nitrogen and oxygen atoms in total. The number of rotatable bonds is 9. The summed E-state index contributed by atoms with van der Waals surface area (Å²) in [4.78, 5) is 51.2. The van der Waals surface area contributed by atoms with Gasteiger partial charge in [0.2, 0.25) is 0 Å². The van der Waals surface area contributed by atoms with Gasteiger partial charge in [0.25, 0.3) is 17.7 Å². The quantitative estimate of drug-likeness (QED) is 0.210. The molecule has 0 aliphatic rings. The predicted molar refractivity (Wildman–Crippen MR) is 134 cm³/mol. The maximum Gasteiger partial charge on any atom is 0.418 e. The molecule has 4 aromatic rings. The molecule has 0 aliphatic heterocycles. The van der Waals surface area contributed by atoms with Crippen molar-refractivity contribution in [3.8, 4) is 0 Å². The SMILES string of the molecule is O=C(NCC(NC(=O)c1sc(C(=O)NCc2cccc3[nH]ccc23)cc1C(F)(F)F)C(=O)O)c1cccs1. The summed E-state index contributed by atoms with van der Waals surface area (Å²) in [5.41, 5.74) is 0.187. The van der Waals surface area contributed by atoms with E-state index in [0.717, 1.165) is 27.8 Å². The first kappa shape index (κ1) is 26.9. The van der Waals surface area contributed by atoms with Crippen LogP contribution in [0.2, 0.25) is 0 Å². The summed E-state index contributed by atoms with van der Waals surface area (Å²) in [6.45, 7) is -0.539. The number of carboxylic acid groups (broad SMARTS) is 1. The van der Waals surface area contributed by atoms with Crippen LogP contribution in [0.3, 0.4) is 0 Å². The van der Waals surface area contributed by atoms with Gasteiger partial charge < -0.3 is 26.0 Å². The van der Waals surface area contributed by atoms with Gasteiger partial charge in [0, 0.05) is 30.2 Å². The lowest BCUT2D eigenvalue weighted by atomic mass is 10.1. The third-order valence-corrected chi connectivity index (χ3v) is 7.41. The number of nitrogens with one attached hydrogen (secondary N) is 4. The Balaban J connectivity index is 1.48. The monoisotopic (exact) mass is 564 g/mol. The van der Waals surface area contributed by atoms with Crippen molar-refractivity contribution >= 4 is 57.3 Å². The van der Waals surface area contributed by atoms with Crippen LogP contribution >= 0.6 is 22.7 Å². The number of aliphatic carboxylic acids is 1. The number of alkyl halides is 3. The minimum absolute atomic E-state index is 0.0276. The average Bonchev–Trinajstić information content (AvgIpc) is 3.64. The molecule has 1 unspecified atom stereocenters. The van der Waals surface area contributed by atoms with E-state index in [4.69, 9.17) is 0 Å². The number of hydrogen-bond donors (Lipinski definition) is 5. The van der Waals surface area contributed by atoms with E-state index in [1.54, 1.807) is 35.8 Å². The summed E-state index contributed by atoms with van der Waals surface area (Å²) >= 11 is 1.40. The van der Waals surface area contributed by atoms with E-state index in [2.05, 4.69) is 15.6 Å². The maximum absolute atomic E-state index is 13.7. The van der Waals surface area contributed by atoms with Crippen molar-refractivity contribution in [3.63, 3.8) is 0 Å². The third kappa shape index (κ3) is 6.03. The summed E-state index contributed by atoms with van der Waals surface area (Å²) in [6, 6.07) is 9.10. The van der Waals surface area contributed by atoms with Crippen molar-refractivity contribution in [1.29, 1.82) is 0 Å². The average molecular weight is 565 g/mol. The van der Waals surface area contributed by atoms with Gasteiger partial charge in [-0.3, -0.25) is 14.4 Å². The second-order valence-corrected chi connectivity index (χ2v) is 9.94. The number of amides is 3. The van der Waals surface area contributed by atoms with Crippen LogP contribution in [0.25, 0.3) is 10.9 Å². The van der Waals surface area contributed by atoms with Gasteiger partial charge >= 0.3 is 12.1 Å². The Hall–Kier alpha value is -4.17. The highest BCUT2D eigenvalue weighted by atomic mass is 32.1. The summed E-state index contributed by atoms with van der Waals surface area (Å²) in [7, 11) is 0. The van der Waals surface area contributed by atoms with Crippen molar-refractivity contribution in [1.82, 2.24) is 20.9 Å². The fourth-order valence-corrected chi connectivity index (χ4v) is 5.20. The first-order valence-corrected chi connectivity index (χ1v) is 12.6. The number of hydrogen-bond acceptors (Lipinski definition) is 6. The summed E-state index contributed by atoms with van der Waals surface area (Å²) in [6.07, 6.45) is -3.27. The largest absolute Gasteiger partial charge is 0.480 e. The van der Waals surface area contributed by atoms with E-state index < -0.39 is 52.9 Å². The van der Waals surface area contributed by atoms with E-state index in [-0.39, 0.29) is 11.4 Å². The second-order valence-electron chi connectivity index (χ2n) is 7.94. The van der Waals surface area contributed by atoms with Crippen LogP contribution in [-0.2, 0) is 17.5 Å². The molecule has 1 aromatic carbocycles. The number of aromatic amines is 1. The number of carbonyl (C=O) groups is 4. The van der Waals surface area contributed by atoms with Crippen molar-refractivity contribution < 1.29 is 37.5 Å². The van der Waals surface area contributed by atoms with Crippen LogP contribution < -0.4 is 16.0 Å². The molecule has 0 aliphatic carbocycles. The number of halogens is 3. The predicted octanol–water partition coefficient (Wildman–Crippen LogP) is 3.85. The molecule has 38 heavy (non-hydrogen) atoms. The topological polar surface area (TPSA) is 140 Å². The number of carboxylic acids is 1. The number of benzene rings is 1. The third-order valence-electron chi connectivity index (χ3n) is 5.41. The lowest BCUT2D eigenvalue weighted by Crippen LogP contribution is -2.48. The van der Waals surface area contributed by atoms with E-state index in [0.29, 0.717) is 22.3 Å². The van der Waals surface area contributed by atoms with Crippen molar-refractivity contribution in [2.24, 2.45) is 0 Å². The molecule has 0 radical (unpaired) electrons. The van der Waals surface area contributed by atoms with Gasteiger partial charge in [0.1, 0.15) is 10.9 Å². The molecule has 5 N–H and O–H groups in total. The van der Waals surface area contributed by atoms with Gasteiger partial charge in [-0.15, -0.1) is 22.7 Å². The van der Waals surface area contributed by atoms with Gasteiger partial charge in [0.05, 0.1) is 15.3 Å². The van der Waals surface area contributed by atoms with Crippen LogP contribution in [0.4, 0.5) is 13.2 Å². The second kappa shape index (κ2) is 11.1. The Morgan fingerprint density at radius 1 is 0.974 bits per heavy atom. The highest BCUT2D eigenvalue weighted by Crippen LogP contribution is 2.37. The van der Waals surface area contributed by atoms with E-state index >= 15 is 0 Å². The lowest BCUT2D eigenvalue weighted by molar-refractivity contribution is -0.139. The van der Waals surface area contributed by atoms with Crippen molar-refractivity contribution in [3.05, 3.63) is 79.8 Å². The Morgan fingerprint density at radius 3 is 2.42 bits per heavy atom. The van der Waals surface area contributed by atoms with Gasteiger partial charge in [0.15, 0.2) is 0 Å². The molecule has 14 heteroatoms. The molecule has 0 spiro atoms. The van der Waals surface area contributed by atoms with E-state index in [1.807, 2.05) is 11.4 Å². The van der Waals surface area contributed by atoms with Crippen LogP contribution in [0.5, 0.6) is 0 Å². The van der Waals surface area contributed by atoms with Crippen LogP contribution in [-0.4, -0.2) is 46.4 Å². The molecule has 0 saturated heterocycles. The molecule has 3 amide bonds. The minimum Gasteiger partial charge on any atom is -0.480 e. The Kier molecular flexibility index (Phi) is 7.83. The number of fused-ring (bicyclic) bond motifs is 1. The first-order chi connectivity index (χ1) is 18.0. The fraction of sp³-hybridized carbons (Fsp3) is 0.167. The Bertz CT molecular complexity index is 1490. The summed E-state index contributed by atoms with van der Waals surface area (Å²) in [5.74, 6) is -4.32. The standard InChI is InChI=1S/C24H19F3N4O5S2/c25-24(26,27)14-9-18(21(33)29-10-12-3-1-4-15-13(12)6-7-28-15)38-19(14)22(34)31-16(23(35)36)11-30-20(32)17-5-2-8-37-17/h1-9,16,28H,10-11H2,(H,29,33)(H,30,32)(H,31,34)(H,35,36). The van der Waals surface area contributed by atoms with Gasteiger partial charge in [-0.2, -0.15) is 13.2 Å². The Morgan fingerprint density at radius 2 is 1.74 bits per heavy atom. The van der Waals surface area contributed by atoms with Gasteiger partial charge in [-0.1, -0.05) is 18.2 Å². The zero-order valence-electron chi connectivity index (χ0n) is 19.2. The molecule has 4 rings (SSSR count). The van der Waals surface area contributed by atoms with Gasteiger partial charge in [-0.25, -0.2) is 4.79 Å². The highest BCUT2D eigenvalue weighted by Gasteiger charge is 2.39. The zero-order chi connectivity index (χ0) is 27.4. The number of carbonyl (C=O) groups excluding carboxylic acids is 3. The van der Waals surface area contributed by atoms with E-state index in [1.165, 1.54) is 6.07 Å². The van der Waals surface area contributed by atoms with E-state index in [9.17, 15) is 37.5 Å². The highest BCUT2D eigenvalue weighted by molar-refractivity contribution is 7.16. The molecule has 3 aromatic heterocycles. The summed E-state index contributed by atoms with van der Waals surface area (Å²) in [5, 5.41) is 18.8. The number of H-pyrrole nitrogens is 1. The molecular weight excluding hydrogens is 545 g/mol. The minimum atomic E-state index is -4.98. The maximum atomic E-state index is 13.7. The molecule has 0 bridgehead atoms. The number of thiophene rings is 2. The molecule has 1 atom stereocenters. The molecular formula is C24H19F3N4O5S2. The molecule has 0 fully saturated rings. The first-order valence-electron chi connectivity index (χ1n) is 10.9. The van der Waals surface area contributed by atoms with Crippen LogP contribution in [0.1, 0.15) is 40.1 Å². The fourth-order valence-electron chi connectivity index (χ4n) is 3.56. The van der Waals surface area contributed by atoms with Gasteiger partial charge in [-0.05, 0) is 35.2 Å². The van der Waals surface area contributed by atoms with Crippen LogP contribution in [0.15, 0.2) is 54.0 Å². The smallest absolute Gasteiger partial charge is 0.418 e. The Labute approximate surface area is 220 Å². The molecule has 198 valence electrons. The normalized spacial score (nSPS) is 12.2. The zero-order valence-corrected chi connectivity index (χ0v) is 20.9. The molecule has 0 saturated carbocycles. The number of aromatic nitrogens is 1. The van der Waals surface area contributed by atoms with Crippen molar-refractivity contribution in [2.75, 3.05) is 6.54 Å². The summed E-state index contributed by atoms with van der Waals surface area (Å²) < 4.78 is 41.1. The van der Waals surface area contributed by atoms with Crippen molar-refractivity contribution in [2.45, 2.75) is 18.8 Å².